The Kier molecular flexibility index (Phi) is 7.31. The molecule has 0 spiro atoms. The molecule has 0 aliphatic heterocycles. The molecule has 1 heterocycles. The first kappa shape index (κ1) is 22.9. The summed E-state index contributed by atoms with van der Waals surface area (Å²) in [5.74, 6) is -0.232. The van der Waals surface area contributed by atoms with Crippen LogP contribution in [-0.2, 0) is 19.4 Å². The minimum atomic E-state index is -0.232. The van der Waals surface area contributed by atoms with Crippen molar-refractivity contribution >= 4 is 10.8 Å². The summed E-state index contributed by atoms with van der Waals surface area (Å²) in [6, 6.07) is 24.3. The Bertz CT molecular complexity index is 1260. The van der Waals surface area contributed by atoms with Gasteiger partial charge in [0.2, 0.25) is 0 Å². The number of nitrogens with zero attached hydrogens (tertiary/aromatic N) is 1. The lowest BCUT2D eigenvalue weighted by atomic mass is 9.98. The number of halogens is 1. The zero-order valence-corrected chi connectivity index (χ0v) is 19.4. The number of aryl methyl sites for hydroxylation is 2. The predicted molar refractivity (Wildman–Crippen MR) is 137 cm³/mol. The minimum Gasteiger partial charge on any atom is -0.305 e. The van der Waals surface area contributed by atoms with Gasteiger partial charge in [0, 0.05) is 23.5 Å². The Morgan fingerprint density at radius 2 is 1.79 bits per heavy atom. The van der Waals surface area contributed by atoms with Gasteiger partial charge >= 0.3 is 0 Å². The molecule has 0 fully saturated rings. The molecule has 2 nitrogen and oxygen atoms in total. The molecule has 4 aromatic rings. The number of benzene rings is 3. The summed E-state index contributed by atoms with van der Waals surface area (Å²) >= 11 is 0. The van der Waals surface area contributed by atoms with Crippen molar-refractivity contribution in [2.45, 2.75) is 45.7 Å². The summed E-state index contributed by atoms with van der Waals surface area (Å²) in [7, 11) is 0. The van der Waals surface area contributed by atoms with E-state index in [1.807, 2.05) is 18.2 Å². The number of rotatable bonds is 9. The van der Waals surface area contributed by atoms with Gasteiger partial charge in [-0.2, -0.15) is 0 Å². The molecule has 1 atom stereocenters. The van der Waals surface area contributed by atoms with E-state index < -0.39 is 0 Å². The number of aromatic nitrogens is 1. The van der Waals surface area contributed by atoms with Crippen LogP contribution in [0.5, 0.6) is 0 Å². The van der Waals surface area contributed by atoms with Gasteiger partial charge in [-0.05, 0) is 72.5 Å². The average Bonchev–Trinajstić information content (AvgIpc) is 2.85. The average molecular weight is 439 g/mol. The van der Waals surface area contributed by atoms with Gasteiger partial charge in [-0.25, -0.2) is 4.39 Å². The quantitative estimate of drug-likeness (QED) is 0.273. The monoisotopic (exact) mass is 438 g/mol. The molecule has 33 heavy (non-hydrogen) atoms. The van der Waals surface area contributed by atoms with E-state index >= 15 is 0 Å². The molecule has 3 heteroatoms. The van der Waals surface area contributed by atoms with Crippen LogP contribution >= 0.6 is 0 Å². The molecule has 3 aromatic carbocycles. The molecule has 4 rings (SSSR count). The van der Waals surface area contributed by atoms with Crippen LogP contribution < -0.4 is 5.32 Å². The standard InChI is InChI=1S/C30H31FN2/c1-4-6-10-23-16-26(18-27(31)17-23)30-28-14-8-7-13-25(28)19-29(33-30)21(3)32-20-24-12-9-11-22(5-2)15-24/h4,7-9,11-19,21,32H,1,5-6,10,20H2,2-3H3. The van der Waals surface area contributed by atoms with Gasteiger partial charge in [-0.1, -0.05) is 61.5 Å². The van der Waals surface area contributed by atoms with Crippen LogP contribution in [0.1, 0.15) is 48.7 Å². The molecule has 168 valence electrons. The van der Waals surface area contributed by atoms with Crippen LogP contribution in [0.25, 0.3) is 22.0 Å². The molecule has 0 bridgehead atoms. The second kappa shape index (κ2) is 10.5. The lowest BCUT2D eigenvalue weighted by Gasteiger charge is -2.17. The molecule has 0 aliphatic rings. The Balaban J connectivity index is 1.68. The SMILES string of the molecule is C=CCCc1cc(F)cc(-c2nc(C(C)NCc3cccc(CC)c3)cc3ccccc23)c1. The van der Waals surface area contributed by atoms with Crippen LogP contribution in [0, 0.1) is 5.82 Å². The number of allylic oxidation sites excluding steroid dienone is 1. The fourth-order valence-electron chi connectivity index (χ4n) is 4.20. The minimum absolute atomic E-state index is 0.0486. The highest BCUT2D eigenvalue weighted by molar-refractivity contribution is 5.95. The van der Waals surface area contributed by atoms with E-state index in [1.54, 1.807) is 12.1 Å². The van der Waals surface area contributed by atoms with E-state index in [0.717, 1.165) is 59.1 Å². The molecule has 1 aromatic heterocycles. The van der Waals surface area contributed by atoms with Crippen molar-refractivity contribution in [1.82, 2.24) is 10.3 Å². The molecule has 1 unspecified atom stereocenters. The first-order chi connectivity index (χ1) is 16.1. The van der Waals surface area contributed by atoms with E-state index in [9.17, 15) is 4.39 Å². The van der Waals surface area contributed by atoms with Crippen molar-refractivity contribution in [1.29, 1.82) is 0 Å². The molecule has 0 saturated carbocycles. The van der Waals surface area contributed by atoms with Crippen LogP contribution in [-0.4, -0.2) is 4.98 Å². The maximum Gasteiger partial charge on any atom is 0.124 e. The summed E-state index contributed by atoms with van der Waals surface area (Å²) in [5, 5.41) is 5.75. The zero-order valence-electron chi connectivity index (χ0n) is 19.4. The zero-order chi connectivity index (χ0) is 23.2. The van der Waals surface area contributed by atoms with Gasteiger partial charge in [0.25, 0.3) is 0 Å². The topological polar surface area (TPSA) is 24.9 Å². The van der Waals surface area contributed by atoms with Gasteiger partial charge in [0.1, 0.15) is 5.82 Å². The lowest BCUT2D eigenvalue weighted by Crippen LogP contribution is -2.19. The number of nitrogens with one attached hydrogen (secondary N) is 1. The van der Waals surface area contributed by atoms with Gasteiger partial charge in [0.15, 0.2) is 0 Å². The highest BCUT2D eigenvalue weighted by atomic mass is 19.1. The van der Waals surface area contributed by atoms with Crippen molar-refractivity contribution < 1.29 is 4.39 Å². The van der Waals surface area contributed by atoms with Crippen molar-refractivity contribution in [3.8, 4) is 11.3 Å². The van der Waals surface area contributed by atoms with Crippen molar-refractivity contribution in [3.63, 3.8) is 0 Å². The summed E-state index contributed by atoms with van der Waals surface area (Å²) in [6.07, 6.45) is 4.47. The Hall–Kier alpha value is -3.30. The fourth-order valence-corrected chi connectivity index (χ4v) is 4.20. The summed E-state index contributed by atoms with van der Waals surface area (Å²) in [5.41, 5.74) is 6.15. The number of hydrogen-bond acceptors (Lipinski definition) is 2. The van der Waals surface area contributed by atoms with Crippen molar-refractivity contribution in [3.05, 3.63) is 114 Å². The van der Waals surface area contributed by atoms with Gasteiger partial charge < -0.3 is 5.32 Å². The van der Waals surface area contributed by atoms with Crippen molar-refractivity contribution in [2.75, 3.05) is 0 Å². The summed E-state index contributed by atoms with van der Waals surface area (Å²) in [6.45, 7) is 8.86. The second-order valence-electron chi connectivity index (χ2n) is 8.57. The molecule has 0 saturated heterocycles. The Morgan fingerprint density at radius 3 is 2.61 bits per heavy atom. The van der Waals surface area contributed by atoms with Gasteiger partial charge in [-0.3, -0.25) is 4.98 Å². The molecule has 0 amide bonds. The first-order valence-electron chi connectivity index (χ1n) is 11.7. The van der Waals surface area contributed by atoms with Crippen LogP contribution in [0.2, 0.25) is 0 Å². The van der Waals surface area contributed by atoms with E-state index in [0.29, 0.717) is 0 Å². The lowest BCUT2D eigenvalue weighted by molar-refractivity contribution is 0.562. The number of pyridine rings is 1. The van der Waals surface area contributed by atoms with Gasteiger partial charge in [-0.15, -0.1) is 6.58 Å². The molecule has 0 radical (unpaired) electrons. The first-order valence-corrected chi connectivity index (χ1v) is 11.7. The van der Waals surface area contributed by atoms with E-state index in [4.69, 9.17) is 4.98 Å². The van der Waals surface area contributed by atoms with E-state index in [2.05, 4.69) is 74.3 Å². The second-order valence-corrected chi connectivity index (χ2v) is 8.57. The van der Waals surface area contributed by atoms with Crippen LogP contribution in [0.4, 0.5) is 4.39 Å². The molecule has 1 N–H and O–H groups in total. The third-order valence-electron chi connectivity index (χ3n) is 6.08. The fraction of sp³-hybridized carbons (Fsp3) is 0.233. The Morgan fingerprint density at radius 1 is 0.970 bits per heavy atom. The highest BCUT2D eigenvalue weighted by Gasteiger charge is 2.14. The third kappa shape index (κ3) is 5.55. The van der Waals surface area contributed by atoms with Gasteiger partial charge in [0.05, 0.1) is 11.4 Å². The smallest absolute Gasteiger partial charge is 0.124 e. The van der Waals surface area contributed by atoms with Crippen LogP contribution in [0.3, 0.4) is 0 Å². The highest BCUT2D eigenvalue weighted by Crippen LogP contribution is 2.31. The summed E-state index contributed by atoms with van der Waals surface area (Å²) < 4.78 is 14.5. The van der Waals surface area contributed by atoms with Crippen molar-refractivity contribution in [2.24, 2.45) is 0 Å². The maximum atomic E-state index is 14.5. The largest absolute Gasteiger partial charge is 0.305 e. The Labute approximate surface area is 196 Å². The predicted octanol–water partition coefficient (Wildman–Crippen LogP) is 7.57. The third-order valence-corrected chi connectivity index (χ3v) is 6.08. The normalized spacial score (nSPS) is 12.1. The summed E-state index contributed by atoms with van der Waals surface area (Å²) in [4.78, 5) is 5.03. The maximum absolute atomic E-state index is 14.5. The molecular formula is C30H31FN2. The molecular weight excluding hydrogens is 407 g/mol. The van der Waals surface area contributed by atoms with Crippen LogP contribution in [0.15, 0.2) is 85.5 Å². The molecule has 0 aliphatic carbocycles. The number of fused-ring (bicyclic) bond motifs is 1. The van der Waals surface area contributed by atoms with E-state index in [-0.39, 0.29) is 11.9 Å². The number of hydrogen-bond donors (Lipinski definition) is 1. The van der Waals surface area contributed by atoms with E-state index in [1.165, 1.54) is 11.1 Å².